The van der Waals surface area contributed by atoms with Crippen LogP contribution < -0.4 is 26.0 Å². The first kappa shape index (κ1) is 27.1. The normalized spacial score (nSPS) is 10.8. The minimum atomic E-state index is -0.730. The molecule has 4 rings (SSSR count). The van der Waals surface area contributed by atoms with Gasteiger partial charge in [-0.3, -0.25) is 14.3 Å². The lowest BCUT2D eigenvalue weighted by atomic mass is 10.1. The Kier molecular flexibility index (Phi) is 8.10. The van der Waals surface area contributed by atoms with Gasteiger partial charge in [-0.25, -0.2) is 9.78 Å². The lowest BCUT2D eigenvalue weighted by Gasteiger charge is -2.19. The molecule has 0 spiro atoms. The molecule has 0 aliphatic rings. The zero-order valence-electron chi connectivity index (χ0n) is 22.0. The van der Waals surface area contributed by atoms with E-state index in [1.807, 2.05) is 31.2 Å². The molecule has 0 saturated carbocycles. The Balaban J connectivity index is 1.70. The van der Waals surface area contributed by atoms with Crippen LogP contribution in [0.25, 0.3) is 0 Å². The van der Waals surface area contributed by atoms with Gasteiger partial charge in [0.05, 0.1) is 30.9 Å². The third kappa shape index (κ3) is 6.51. The van der Waals surface area contributed by atoms with E-state index in [1.165, 1.54) is 16.7 Å². The highest BCUT2D eigenvalue weighted by atomic mass is 19.1. The Bertz CT molecular complexity index is 1650. The molecule has 0 bridgehead atoms. The third-order valence-electron chi connectivity index (χ3n) is 5.98. The summed E-state index contributed by atoms with van der Waals surface area (Å²) in [5.74, 6) is 0.303. The Hall–Kier alpha value is -4.91. The summed E-state index contributed by atoms with van der Waals surface area (Å²) in [6.07, 6.45) is 0. The van der Waals surface area contributed by atoms with Crippen LogP contribution in [-0.4, -0.2) is 21.6 Å². The number of benzene rings is 2. The minimum absolute atomic E-state index is 0.0261. The molecule has 4 aromatic rings. The zero-order valence-corrected chi connectivity index (χ0v) is 22.0. The lowest BCUT2D eigenvalue weighted by molar-refractivity contribution is 0.409. The molecule has 2 N–H and O–H groups in total. The summed E-state index contributed by atoms with van der Waals surface area (Å²) in [6.45, 7) is 5.70. The highest BCUT2D eigenvalue weighted by Gasteiger charge is 2.21. The van der Waals surface area contributed by atoms with E-state index in [0.717, 1.165) is 16.9 Å². The maximum atomic E-state index is 14.5. The minimum Gasteiger partial charge on any atom is -0.497 e. The van der Waals surface area contributed by atoms with Crippen molar-refractivity contribution in [2.75, 3.05) is 12.4 Å². The van der Waals surface area contributed by atoms with E-state index < -0.39 is 17.2 Å². The number of methoxy groups -OCH3 is 1. The first-order valence-corrected chi connectivity index (χ1v) is 12.3. The quantitative estimate of drug-likeness (QED) is 0.298. The molecule has 10 heteroatoms. The Morgan fingerprint density at radius 2 is 1.82 bits per heavy atom. The Morgan fingerprint density at radius 1 is 1.08 bits per heavy atom. The van der Waals surface area contributed by atoms with Crippen LogP contribution in [0.2, 0.25) is 0 Å². The third-order valence-corrected chi connectivity index (χ3v) is 5.98. The number of nitrogens with zero attached hydrogens (tertiary/aromatic N) is 3. The molecule has 0 aliphatic heterocycles. The van der Waals surface area contributed by atoms with Crippen molar-refractivity contribution < 1.29 is 13.9 Å². The highest BCUT2D eigenvalue weighted by Crippen LogP contribution is 2.29. The van der Waals surface area contributed by atoms with E-state index in [-0.39, 0.29) is 29.7 Å². The highest BCUT2D eigenvalue weighted by molar-refractivity contribution is 5.44. The fourth-order valence-electron chi connectivity index (χ4n) is 4.16. The summed E-state index contributed by atoms with van der Waals surface area (Å²) in [5.41, 5.74) is 1.48. The predicted molar refractivity (Wildman–Crippen MR) is 145 cm³/mol. The first-order valence-electron chi connectivity index (χ1n) is 12.3. The molecule has 0 amide bonds. The van der Waals surface area contributed by atoms with Crippen LogP contribution in [-0.2, 0) is 13.1 Å². The molecule has 0 fully saturated rings. The summed E-state index contributed by atoms with van der Waals surface area (Å²) in [7, 11) is 1.59. The maximum Gasteiger partial charge on any atom is 0.331 e. The molecule has 2 aromatic heterocycles. The molecule has 9 nitrogen and oxygen atoms in total. The van der Waals surface area contributed by atoms with E-state index in [0.29, 0.717) is 23.4 Å². The van der Waals surface area contributed by atoms with Crippen LogP contribution in [0.4, 0.5) is 10.2 Å². The van der Waals surface area contributed by atoms with Gasteiger partial charge in [-0.05, 0) is 72.0 Å². The number of H-pyrrole nitrogens is 1. The molecule has 2 aromatic carbocycles. The van der Waals surface area contributed by atoms with E-state index in [2.05, 4.69) is 21.4 Å². The number of aromatic amines is 1. The van der Waals surface area contributed by atoms with E-state index in [1.54, 1.807) is 39.2 Å². The number of nitriles is 1. The van der Waals surface area contributed by atoms with Gasteiger partial charge in [0, 0.05) is 6.54 Å². The van der Waals surface area contributed by atoms with Crippen molar-refractivity contribution in [3.8, 4) is 23.4 Å². The molecule has 39 heavy (non-hydrogen) atoms. The van der Waals surface area contributed by atoms with Gasteiger partial charge in [-0.1, -0.05) is 26.0 Å². The summed E-state index contributed by atoms with van der Waals surface area (Å²) in [4.78, 5) is 32.0. The number of nitrogens with one attached hydrogen (secondary N) is 2. The standard InChI is InChI=1S/C29H28FN5O4/c1-17(2)26-27(36)34-29(37)35(28(26)39-23-10-18(3)9-20(11-23)14-31)16-21-12-24(30)33-25(13-21)32-15-19-5-7-22(38-4)8-6-19/h5-13,17H,15-16H2,1-4H3,(H,32,33)(H,34,36,37). The van der Waals surface area contributed by atoms with E-state index in [9.17, 15) is 19.2 Å². The molecule has 0 saturated heterocycles. The average molecular weight is 530 g/mol. The Labute approximate surface area is 224 Å². The second-order valence-corrected chi connectivity index (χ2v) is 9.35. The number of aryl methyl sites for hydroxylation is 1. The van der Waals surface area contributed by atoms with Crippen LogP contribution in [0.3, 0.4) is 0 Å². The second-order valence-electron chi connectivity index (χ2n) is 9.35. The summed E-state index contributed by atoms with van der Waals surface area (Å²) in [5, 5.41) is 12.4. The van der Waals surface area contributed by atoms with Crippen molar-refractivity contribution in [1.82, 2.24) is 14.5 Å². The van der Waals surface area contributed by atoms with Gasteiger partial charge in [0.1, 0.15) is 17.3 Å². The first-order chi connectivity index (χ1) is 18.7. The molecule has 0 atom stereocenters. The number of hydrogen-bond donors (Lipinski definition) is 2. The van der Waals surface area contributed by atoms with Gasteiger partial charge in [-0.15, -0.1) is 0 Å². The lowest BCUT2D eigenvalue weighted by Crippen LogP contribution is -2.34. The van der Waals surface area contributed by atoms with Gasteiger partial charge in [0.2, 0.25) is 11.8 Å². The van der Waals surface area contributed by atoms with Crippen molar-refractivity contribution in [3.05, 3.63) is 109 Å². The van der Waals surface area contributed by atoms with Crippen LogP contribution in [0.15, 0.2) is 64.2 Å². The zero-order chi connectivity index (χ0) is 28.1. The monoisotopic (exact) mass is 529 g/mol. The molecule has 2 heterocycles. The summed E-state index contributed by atoms with van der Waals surface area (Å²) in [6, 6.07) is 17.3. The fraction of sp³-hybridized carbons (Fsp3) is 0.241. The molecular weight excluding hydrogens is 501 g/mol. The topological polar surface area (TPSA) is 122 Å². The molecular formula is C29H28FN5O4. The van der Waals surface area contributed by atoms with Crippen LogP contribution in [0.1, 0.15) is 47.6 Å². The van der Waals surface area contributed by atoms with E-state index in [4.69, 9.17) is 9.47 Å². The average Bonchev–Trinajstić information content (AvgIpc) is 2.89. The van der Waals surface area contributed by atoms with Crippen molar-refractivity contribution in [2.24, 2.45) is 0 Å². The number of anilines is 1. The van der Waals surface area contributed by atoms with Gasteiger partial charge >= 0.3 is 5.69 Å². The number of ether oxygens (including phenoxy) is 2. The van der Waals surface area contributed by atoms with E-state index >= 15 is 0 Å². The molecule has 0 radical (unpaired) electrons. The largest absolute Gasteiger partial charge is 0.497 e. The van der Waals surface area contributed by atoms with Crippen molar-refractivity contribution in [3.63, 3.8) is 0 Å². The van der Waals surface area contributed by atoms with Gasteiger partial charge in [-0.2, -0.15) is 9.65 Å². The number of hydrogen-bond acceptors (Lipinski definition) is 7. The van der Waals surface area contributed by atoms with Crippen molar-refractivity contribution in [1.29, 1.82) is 5.26 Å². The van der Waals surface area contributed by atoms with Crippen LogP contribution in [0.5, 0.6) is 17.4 Å². The number of aromatic nitrogens is 3. The van der Waals surface area contributed by atoms with Crippen molar-refractivity contribution >= 4 is 5.82 Å². The van der Waals surface area contributed by atoms with Crippen molar-refractivity contribution in [2.45, 2.75) is 39.8 Å². The van der Waals surface area contributed by atoms with Gasteiger partial charge < -0.3 is 14.8 Å². The van der Waals surface area contributed by atoms with Crippen LogP contribution >= 0.6 is 0 Å². The maximum absolute atomic E-state index is 14.5. The van der Waals surface area contributed by atoms with Crippen LogP contribution in [0, 0.1) is 24.2 Å². The number of pyridine rings is 1. The summed E-state index contributed by atoms with van der Waals surface area (Å²) >= 11 is 0. The molecule has 0 unspecified atom stereocenters. The SMILES string of the molecule is COc1ccc(CNc2cc(Cn3c(Oc4cc(C)cc(C#N)c4)c(C(C)C)c(=O)[nH]c3=O)cc(F)n2)cc1. The molecule has 200 valence electrons. The second kappa shape index (κ2) is 11.6. The fourth-order valence-corrected chi connectivity index (χ4v) is 4.16. The van der Waals surface area contributed by atoms with Gasteiger partial charge in [0.25, 0.3) is 5.56 Å². The molecule has 0 aliphatic carbocycles. The van der Waals surface area contributed by atoms with Gasteiger partial charge in [0.15, 0.2) is 0 Å². The number of rotatable bonds is 9. The predicted octanol–water partition coefficient (Wildman–Crippen LogP) is 4.84. The summed E-state index contributed by atoms with van der Waals surface area (Å²) < 4.78 is 27.0. The smallest absolute Gasteiger partial charge is 0.331 e. The Morgan fingerprint density at radius 3 is 2.49 bits per heavy atom. The number of halogens is 1.